The molecule has 2 unspecified atom stereocenters. The van der Waals surface area contributed by atoms with Gasteiger partial charge in [-0.1, -0.05) is 24.3 Å². The van der Waals surface area contributed by atoms with Crippen LogP contribution in [0, 0.1) is 0 Å². The Labute approximate surface area is 122 Å². The zero-order chi connectivity index (χ0) is 13.8. The standard InChI is InChI=1S/C17H26N2O/c1-14(13-19-9-4-5-10-19)18-12-17-16-7-3-2-6-15(16)8-11-20-17/h2-3,6-7,14,17-18H,4-5,8-13H2,1H3. The van der Waals surface area contributed by atoms with Crippen LogP contribution in [0.5, 0.6) is 0 Å². The normalized spacial score (nSPS) is 24.6. The van der Waals surface area contributed by atoms with Gasteiger partial charge in [-0.3, -0.25) is 0 Å². The van der Waals surface area contributed by atoms with E-state index in [1.54, 1.807) is 0 Å². The second-order valence-electron chi connectivity index (χ2n) is 6.13. The molecule has 110 valence electrons. The van der Waals surface area contributed by atoms with Crippen LogP contribution < -0.4 is 5.32 Å². The molecule has 0 amide bonds. The highest BCUT2D eigenvalue weighted by Gasteiger charge is 2.21. The van der Waals surface area contributed by atoms with Crippen LogP contribution in [0.1, 0.15) is 37.0 Å². The number of likely N-dealkylation sites (tertiary alicyclic amines) is 1. The van der Waals surface area contributed by atoms with E-state index < -0.39 is 0 Å². The first-order valence-corrected chi connectivity index (χ1v) is 7.98. The summed E-state index contributed by atoms with van der Waals surface area (Å²) >= 11 is 0. The lowest BCUT2D eigenvalue weighted by molar-refractivity contribution is 0.0403. The average Bonchev–Trinajstić information content (AvgIpc) is 2.98. The van der Waals surface area contributed by atoms with Crippen LogP contribution in [0.4, 0.5) is 0 Å². The molecule has 0 radical (unpaired) electrons. The summed E-state index contributed by atoms with van der Waals surface area (Å²) in [5.41, 5.74) is 2.83. The van der Waals surface area contributed by atoms with Gasteiger partial charge in [0.1, 0.15) is 0 Å². The Morgan fingerprint density at radius 1 is 1.30 bits per heavy atom. The summed E-state index contributed by atoms with van der Waals surface area (Å²) in [6.45, 7) is 7.76. The van der Waals surface area contributed by atoms with Gasteiger partial charge in [0.05, 0.1) is 12.7 Å². The Kier molecular flexibility index (Phi) is 4.71. The molecule has 2 aliphatic rings. The third-order valence-corrected chi connectivity index (χ3v) is 4.47. The summed E-state index contributed by atoms with van der Waals surface area (Å²) in [4.78, 5) is 2.56. The van der Waals surface area contributed by atoms with Crippen molar-refractivity contribution in [2.75, 3.05) is 32.8 Å². The van der Waals surface area contributed by atoms with Crippen LogP contribution in [0.15, 0.2) is 24.3 Å². The van der Waals surface area contributed by atoms with Crippen LogP contribution in [0.3, 0.4) is 0 Å². The van der Waals surface area contributed by atoms with Crippen molar-refractivity contribution in [3.8, 4) is 0 Å². The van der Waals surface area contributed by atoms with Gasteiger partial charge in [-0.15, -0.1) is 0 Å². The van der Waals surface area contributed by atoms with Crippen molar-refractivity contribution in [2.24, 2.45) is 0 Å². The van der Waals surface area contributed by atoms with Crippen LogP contribution >= 0.6 is 0 Å². The van der Waals surface area contributed by atoms with E-state index in [9.17, 15) is 0 Å². The van der Waals surface area contributed by atoms with Gasteiger partial charge in [0.2, 0.25) is 0 Å². The molecule has 2 heterocycles. The third kappa shape index (κ3) is 3.40. The molecule has 0 saturated carbocycles. The Hall–Kier alpha value is -0.900. The molecule has 0 aromatic heterocycles. The number of rotatable bonds is 5. The predicted octanol–water partition coefficient (Wildman–Crippen LogP) is 2.37. The molecule has 1 fully saturated rings. The smallest absolute Gasteiger partial charge is 0.0952 e. The number of fused-ring (bicyclic) bond motifs is 1. The Balaban J connectivity index is 1.51. The fourth-order valence-electron chi connectivity index (χ4n) is 3.37. The maximum atomic E-state index is 5.95. The van der Waals surface area contributed by atoms with E-state index in [1.165, 1.54) is 37.1 Å². The molecule has 1 N–H and O–H groups in total. The molecular formula is C17H26N2O. The van der Waals surface area contributed by atoms with Crippen molar-refractivity contribution in [3.63, 3.8) is 0 Å². The quantitative estimate of drug-likeness (QED) is 0.892. The molecule has 20 heavy (non-hydrogen) atoms. The number of hydrogen-bond acceptors (Lipinski definition) is 3. The molecule has 0 spiro atoms. The summed E-state index contributed by atoms with van der Waals surface area (Å²) in [5, 5.41) is 3.65. The largest absolute Gasteiger partial charge is 0.372 e. The summed E-state index contributed by atoms with van der Waals surface area (Å²) in [5.74, 6) is 0. The fraction of sp³-hybridized carbons (Fsp3) is 0.647. The van der Waals surface area contributed by atoms with Crippen LogP contribution in [0.2, 0.25) is 0 Å². The number of ether oxygens (including phenoxy) is 1. The van der Waals surface area contributed by atoms with E-state index >= 15 is 0 Å². The lowest BCUT2D eigenvalue weighted by Crippen LogP contribution is -2.40. The van der Waals surface area contributed by atoms with Gasteiger partial charge in [0, 0.05) is 19.1 Å². The first kappa shape index (κ1) is 14.1. The number of benzene rings is 1. The van der Waals surface area contributed by atoms with Crippen molar-refractivity contribution in [3.05, 3.63) is 35.4 Å². The molecule has 1 saturated heterocycles. The molecule has 1 aromatic rings. The minimum absolute atomic E-state index is 0.223. The van der Waals surface area contributed by atoms with Crippen LogP contribution in [-0.2, 0) is 11.2 Å². The van der Waals surface area contributed by atoms with Gasteiger partial charge in [0.15, 0.2) is 0 Å². The van der Waals surface area contributed by atoms with Crippen molar-refractivity contribution >= 4 is 0 Å². The summed E-state index contributed by atoms with van der Waals surface area (Å²) in [6, 6.07) is 9.23. The highest BCUT2D eigenvalue weighted by molar-refractivity contribution is 5.31. The second-order valence-corrected chi connectivity index (χ2v) is 6.13. The molecule has 2 aliphatic heterocycles. The van der Waals surface area contributed by atoms with Crippen molar-refractivity contribution < 1.29 is 4.74 Å². The number of hydrogen-bond donors (Lipinski definition) is 1. The summed E-state index contributed by atoms with van der Waals surface area (Å²) in [7, 11) is 0. The third-order valence-electron chi connectivity index (χ3n) is 4.47. The minimum atomic E-state index is 0.223. The molecule has 0 bridgehead atoms. The van der Waals surface area contributed by atoms with E-state index in [0.717, 1.165) is 26.1 Å². The molecule has 0 aliphatic carbocycles. The molecule has 2 atom stereocenters. The van der Waals surface area contributed by atoms with E-state index in [0.29, 0.717) is 6.04 Å². The lowest BCUT2D eigenvalue weighted by atomic mass is 9.97. The molecule has 1 aromatic carbocycles. The first-order valence-electron chi connectivity index (χ1n) is 7.98. The number of nitrogens with one attached hydrogen (secondary N) is 1. The van der Waals surface area contributed by atoms with E-state index in [-0.39, 0.29) is 6.10 Å². The highest BCUT2D eigenvalue weighted by atomic mass is 16.5. The Morgan fingerprint density at radius 2 is 2.10 bits per heavy atom. The van der Waals surface area contributed by atoms with Crippen molar-refractivity contribution in [2.45, 2.75) is 38.3 Å². The van der Waals surface area contributed by atoms with E-state index in [1.807, 2.05) is 0 Å². The first-order chi connectivity index (χ1) is 9.83. The molecule has 3 heteroatoms. The maximum Gasteiger partial charge on any atom is 0.0952 e. The second kappa shape index (κ2) is 6.70. The Bertz CT molecular complexity index is 429. The van der Waals surface area contributed by atoms with E-state index in [2.05, 4.69) is 41.4 Å². The van der Waals surface area contributed by atoms with Gasteiger partial charge in [0.25, 0.3) is 0 Å². The molecule has 3 rings (SSSR count). The predicted molar refractivity (Wildman–Crippen MR) is 82.0 cm³/mol. The van der Waals surface area contributed by atoms with Gasteiger partial charge in [-0.05, 0) is 50.4 Å². The SMILES string of the molecule is CC(CN1CCCC1)NCC1OCCc2ccccc21. The highest BCUT2D eigenvalue weighted by Crippen LogP contribution is 2.26. The lowest BCUT2D eigenvalue weighted by Gasteiger charge is -2.28. The fourth-order valence-corrected chi connectivity index (χ4v) is 3.37. The zero-order valence-corrected chi connectivity index (χ0v) is 12.5. The Morgan fingerprint density at radius 3 is 2.95 bits per heavy atom. The van der Waals surface area contributed by atoms with Crippen molar-refractivity contribution in [1.82, 2.24) is 10.2 Å². The van der Waals surface area contributed by atoms with Crippen LogP contribution in [0.25, 0.3) is 0 Å². The maximum absolute atomic E-state index is 5.95. The van der Waals surface area contributed by atoms with E-state index in [4.69, 9.17) is 4.74 Å². The monoisotopic (exact) mass is 274 g/mol. The number of nitrogens with zero attached hydrogens (tertiary/aromatic N) is 1. The zero-order valence-electron chi connectivity index (χ0n) is 12.5. The van der Waals surface area contributed by atoms with Gasteiger partial charge < -0.3 is 15.0 Å². The summed E-state index contributed by atoms with van der Waals surface area (Å²) < 4.78 is 5.95. The molecular weight excluding hydrogens is 248 g/mol. The molecule has 3 nitrogen and oxygen atoms in total. The minimum Gasteiger partial charge on any atom is -0.372 e. The topological polar surface area (TPSA) is 24.5 Å². The van der Waals surface area contributed by atoms with Gasteiger partial charge in [-0.25, -0.2) is 0 Å². The summed E-state index contributed by atoms with van der Waals surface area (Å²) in [6.07, 6.45) is 4.01. The van der Waals surface area contributed by atoms with Gasteiger partial charge in [-0.2, -0.15) is 0 Å². The average molecular weight is 274 g/mol. The van der Waals surface area contributed by atoms with Crippen molar-refractivity contribution in [1.29, 1.82) is 0 Å². The van der Waals surface area contributed by atoms with Crippen LogP contribution in [-0.4, -0.2) is 43.7 Å². The van der Waals surface area contributed by atoms with Gasteiger partial charge >= 0.3 is 0 Å².